The quantitative estimate of drug-likeness (QED) is 0.668. The minimum Gasteiger partial charge on any atom is -0.300 e. The number of thiocyanates is 1. The van der Waals surface area contributed by atoms with E-state index in [-0.39, 0.29) is 41.2 Å². The summed E-state index contributed by atoms with van der Waals surface area (Å²) in [6, 6.07) is 0. The molecule has 0 heterocycles. The van der Waals surface area contributed by atoms with Crippen molar-refractivity contribution in [3.63, 3.8) is 0 Å². The maximum Gasteiger partial charge on any atom is 0.151 e. The van der Waals surface area contributed by atoms with Crippen molar-refractivity contribution in [2.24, 2.45) is 28.6 Å². The molecule has 4 aliphatic carbocycles. The van der Waals surface area contributed by atoms with E-state index in [2.05, 4.69) is 12.3 Å². The number of carbonyl (C=O) groups excluding carboxylic acids is 3. The third-order valence-corrected chi connectivity index (χ3v) is 9.68. The van der Waals surface area contributed by atoms with Crippen molar-refractivity contribution < 1.29 is 14.4 Å². The number of ketones is 3. The second kappa shape index (κ2) is 5.42. The topological polar surface area (TPSA) is 75.0 Å². The Balaban J connectivity index is 1.85. The first-order valence-electron chi connectivity index (χ1n) is 9.45. The first-order valence-corrected chi connectivity index (χ1v) is 10.3. The van der Waals surface area contributed by atoms with Crippen molar-refractivity contribution in [1.29, 1.82) is 5.26 Å². The Labute approximate surface area is 153 Å². The van der Waals surface area contributed by atoms with Gasteiger partial charge in [0.15, 0.2) is 5.78 Å². The molecule has 0 radical (unpaired) electrons. The van der Waals surface area contributed by atoms with Crippen LogP contribution in [0.15, 0.2) is 0 Å². The van der Waals surface area contributed by atoms with Crippen LogP contribution in [0.1, 0.15) is 65.2 Å². The molecule has 134 valence electrons. The summed E-state index contributed by atoms with van der Waals surface area (Å²) >= 11 is 1.16. The number of hydrogen-bond acceptors (Lipinski definition) is 5. The Morgan fingerprint density at radius 2 is 1.80 bits per heavy atom. The zero-order valence-electron chi connectivity index (χ0n) is 15.0. The number of Topliss-reactive ketones (excluding diaryl/α,β-unsaturated/α-hetero) is 3. The first-order chi connectivity index (χ1) is 11.8. The minimum absolute atomic E-state index is 0.0873. The normalized spacial score (nSPS) is 49.2. The summed E-state index contributed by atoms with van der Waals surface area (Å²) in [5, 5.41) is 11.9. The third-order valence-electron chi connectivity index (χ3n) is 8.27. The van der Waals surface area contributed by atoms with Gasteiger partial charge in [0.1, 0.15) is 17.0 Å². The number of carbonyl (C=O) groups is 3. The van der Waals surface area contributed by atoms with Crippen LogP contribution in [-0.4, -0.2) is 22.1 Å². The Morgan fingerprint density at radius 1 is 1.04 bits per heavy atom. The summed E-state index contributed by atoms with van der Waals surface area (Å²) in [5.41, 5.74) is -0.844. The van der Waals surface area contributed by atoms with Crippen molar-refractivity contribution in [3.05, 3.63) is 0 Å². The molecule has 4 saturated carbocycles. The summed E-state index contributed by atoms with van der Waals surface area (Å²) in [6.07, 6.45) is 5.25. The third kappa shape index (κ3) is 1.98. The molecule has 4 nitrogen and oxygen atoms in total. The van der Waals surface area contributed by atoms with Crippen LogP contribution in [0.5, 0.6) is 0 Å². The zero-order chi connectivity index (χ0) is 18.0. The van der Waals surface area contributed by atoms with E-state index in [0.29, 0.717) is 31.5 Å². The molecule has 0 aromatic carbocycles. The summed E-state index contributed by atoms with van der Waals surface area (Å²) in [7, 11) is 0. The van der Waals surface area contributed by atoms with E-state index in [9.17, 15) is 19.6 Å². The minimum atomic E-state index is -0.736. The Kier molecular flexibility index (Phi) is 3.75. The number of hydrogen-bond donors (Lipinski definition) is 0. The predicted molar refractivity (Wildman–Crippen MR) is 94.6 cm³/mol. The van der Waals surface area contributed by atoms with Crippen LogP contribution < -0.4 is 0 Å². The summed E-state index contributed by atoms with van der Waals surface area (Å²) in [6.45, 7) is 4.13. The van der Waals surface area contributed by atoms with Gasteiger partial charge in [0.2, 0.25) is 0 Å². The Morgan fingerprint density at radius 3 is 2.52 bits per heavy atom. The van der Waals surface area contributed by atoms with Gasteiger partial charge in [-0.05, 0) is 60.6 Å². The number of rotatable bonds is 1. The summed E-state index contributed by atoms with van der Waals surface area (Å²) in [4.78, 5) is 38.2. The highest BCUT2D eigenvalue weighted by Gasteiger charge is 2.71. The largest absolute Gasteiger partial charge is 0.300 e. The van der Waals surface area contributed by atoms with Crippen LogP contribution in [-0.2, 0) is 14.4 Å². The highest BCUT2D eigenvalue weighted by atomic mass is 32.2. The van der Waals surface area contributed by atoms with E-state index < -0.39 is 10.2 Å². The average Bonchev–Trinajstić information content (AvgIpc) is 2.85. The van der Waals surface area contributed by atoms with Crippen molar-refractivity contribution in [2.75, 3.05) is 0 Å². The maximum absolute atomic E-state index is 13.6. The Bertz CT molecular complexity index is 712. The lowest BCUT2D eigenvalue weighted by molar-refractivity contribution is -0.155. The molecule has 0 spiro atoms. The van der Waals surface area contributed by atoms with Crippen LogP contribution >= 0.6 is 11.8 Å². The molecule has 4 aliphatic rings. The molecule has 0 bridgehead atoms. The van der Waals surface area contributed by atoms with Gasteiger partial charge in [0, 0.05) is 31.1 Å². The molecule has 0 N–H and O–H groups in total. The molecule has 6 atom stereocenters. The van der Waals surface area contributed by atoms with Crippen molar-refractivity contribution in [3.8, 4) is 5.40 Å². The predicted octanol–water partition coefficient (Wildman–Crippen LogP) is 3.68. The summed E-state index contributed by atoms with van der Waals surface area (Å²) < 4.78 is -0.736. The van der Waals surface area contributed by atoms with Gasteiger partial charge >= 0.3 is 0 Å². The molecule has 25 heavy (non-hydrogen) atoms. The number of nitriles is 1. The SMILES string of the molecule is C[C@]12CCC(=O)CC1CC[C@H]1[C@@H]3CCC(=O)[C@@]3(C)CC(=O)[C@@]12SC#N. The lowest BCUT2D eigenvalue weighted by atomic mass is 9.44. The van der Waals surface area contributed by atoms with Gasteiger partial charge in [-0.15, -0.1) is 0 Å². The molecule has 4 fully saturated rings. The van der Waals surface area contributed by atoms with Gasteiger partial charge in [-0.1, -0.05) is 13.8 Å². The Hall–Kier alpha value is -1.15. The van der Waals surface area contributed by atoms with E-state index >= 15 is 0 Å². The highest BCUT2D eigenvalue weighted by Crippen LogP contribution is 2.69. The monoisotopic (exact) mass is 359 g/mol. The lowest BCUT2D eigenvalue weighted by Gasteiger charge is -2.63. The fourth-order valence-corrected chi connectivity index (χ4v) is 8.16. The molecule has 1 unspecified atom stereocenters. The van der Waals surface area contributed by atoms with Gasteiger partial charge in [0.25, 0.3) is 0 Å². The molecule has 0 aliphatic heterocycles. The molecule has 5 heteroatoms. The molecule has 0 aromatic heterocycles. The average molecular weight is 359 g/mol. The van der Waals surface area contributed by atoms with Crippen molar-refractivity contribution >= 4 is 29.1 Å². The summed E-state index contributed by atoms with van der Waals surface area (Å²) in [5.74, 6) is 1.10. The van der Waals surface area contributed by atoms with Crippen LogP contribution in [0.4, 0.5) is 0 Å². The van der Waals surface area contributed by atoms with E-state index in [4.69, 9.17) is 0 Å². The van der Waals surface area contributed by atoms with Gasteiger partial charge in [-0.25, -0.2) is 0 Å². The lowest BCUT2D eigenvalue weighted by Crippen LogP contribution is -2.68. The van der Waals surface area contributed by atoms with E-state index in [0.717, 1.165) is 31.0 Å². The molecule has 0 amide bonds. The first kappa shape index (κ1) is 17.3. The molecule has 4 rings (SSSR count). The second-order valence-corrected chi connectivity index (χ2v) is 10.1. The van der Waals surface area contributed by atoms with Gasteiger partial charge in [0.05, 0.1) is 4.75 Å². The highest BCUT2D eigenvalue weighted by molar-refractivity contribution is 8.05. The van der Waals surface area contributed by atoms with Gasteiger partial charge in [-0.2, -0.15) is 5.26 Å². The van der Waals surface area contributed by atoms with E-state index in [1.165, 1.54) is 0 Å². The second-order valence-electron chi connectivity index (χ2n) is 9.06. The zero-order valence-corrected chi connectivity index (χ0v) is 15.8. The molecule has 0 saturated heterocycles. The van der Waals surface area contributed by atoms with E-state index in [1.807, 2.05) is 6.92 Å². The number of fused-ring (bicyclic) bond motifs is 5. The maximum atomic E-state index is 13.6. The fraction of sp³-hybridized carbons (Fsp3) is 0.800. The van der Waals surface area contributed by atoms with Gasteiger partial charge < -0.3 is 0 Å². The van der Waals surface area contributed by atoms with Crippen LogP contribution in [0.25, 0.3) is 0 Å². The smallest absolute Gasteiger partial charge is 0.151 e. The standard InChI is InChI=1S/C20H25NO3S/c1-18-10-17(24)20(25-11-21)15(14(18)5-6-16(18)23)4-3-12-9-13(22)7-8-19(12,20)2/h12,14-15H,3-10H2,1-2H3/t12?,14-,15-,18-,19-,20-/m0/s1. The fourth-order valence-electron chi connectivity index (χ4n) is 6.89. The number of thioether (sulfide) groups is 1. The van der Waals surface area contributed by atoms with E-state index in [1.54, 1.807) is 0 Å². The van der Waals surface area contributed by atoms with Crippen LogP contribution in [0.2, 0.25) is 0 Å². The van der Waals surface area contributed by atoms with Crippen molar-refractivity contribution in [2.45, 2.75) is 70.0 Å². The number of nitrogens with zero attached hydrogens (tertiary/aromatic N) is 1. The van der Waals surface area contributed by atoms with Crippen LogP contribution in [0.3, 0.4) is 0 Å². The van der Waals surface area contributed by atoms with Gasteiger partial charge in [-0.3, -0.25) is 14.4 Å². The molecular formula is C20H25NO3S. The van der Waals surface area contributed by atoms with Crippen LogP contribution in [0, 0.1) is 39.2 Å². The molecule has 0 aromatic rings. The molecular weight excluding hydrogens is 334 g/mol. The van der Waals surface area contributed by atoms with Crippen molar-refractivity contribution in [1.82, 2.24) is 0 Å².